The summed E-state index contributed by atoms with van der Waals surface area (Å²) in [5.74, 6) is -0.0405. The van der Waals surface area contributed by atoms with Gasteiger partial charge in [0, 0.05) is 16.7 Å². The number of hydrogen-bond donors (Lipinski definition) is 2. The van der Waals surface area contributed by atoms with E-state index in [1.165, 1.54) is 12.1 Å². The summed E-state index contributed by atoms with van der Waals surface area (Å²) in [6.07, 6.45) is -4.78. The molecule has 2 heterocycles. The van der Waals surface area contributed by atoms with Gasteiger partial charge in [-0.3, -0.25) is 9.21 Å². The molecule has 0 aliphatic rings. The third-order valence-electron chi connectivity index (χ3n) is 5.61. The quantitative estimate of drug-likeness (QED) is 0.267. The molecule has 0 atom stereocenters. The summed E-state index contributed by atoms with van der Waals surface area (Å²) < 4.78 is 63.9. The Kier molecular flexibility index (Phi) is 7.48. The van der Waals surface area contributed by atoms with Crippen molar-refractivity contribution < 1.29 is 41.3 Å². The third-order valence-corrected chi connectivity index (χ3v) is 6.07. The minimum atomic E-state index is -4.78. The lowest BCUT2D eigenvalue weighted by Gasteiger charge is -2.25. The number of aryl methyl sites for hydroxylation is 1. The molecule has 0 aliphatic heterocycles. The molecule has 14 heteroatoms. The van der Waals surface area contributed by atoms with Gasteiger partial charge in [0.05, 0.1) is 13.2 Å². The van der Waals surface area contributed by atoms with Crippen molar-refractivity contribution in [2.24, 2.45) is 0 Å². The van der Waals surface area contributed by atoms with Crippen molar-refractivity contribution in [2.45, 2.75) is 39.1 Å². The second-order valence-electron chi connectivity index (χ2n) is 9.17. The average molecular weight is 552 g/mol. The van der Waals surface area contributed by atoms with Crippen LogP contribution < -0.4 is 4.74 Å². The van der Waals surface area contributed by atoms with E-state index < -0.39 is 19.6 Å². The molecule has 0 bridgehead atoms. The maximum absolute atomic E-state index is 12.4. The highest BCUT2D eigenvalue weighted by Gasteiger charge is 2.31. The normalized spacial score (nSPS) is 12.6. The van der Waals surface area contributed by atoms with E-state index in [0.29, 0.717) is 17.8 Å². The number of halogens is 3. The van der Waals surface area contributed by atoms with Gasteiger partial charge in [-0.1, -0.05) is 43.3 Å². The van der Waals surface area contributed by atoms with E-state index in [1.807, 2.05) is 45.0 Å². The van der Waals surface area contributed by atoms with E-state index in [4.69, 9.17) is 18.8 Å². The molecule has 2 N–H and O–H groups in total. The standard InChI is InChI=1S/C24H24F3N4O6P/c1-15-11-20(22-28-21(30-37-22)17-7-9-19(10-8-17)36-24(25,26)27)29-31(15)13-16-5-4-6-18(12-16)23(2,3)14-35-38(32,33)34/h4-12H,13-14H2,1-3H3,(H2,32,33,34). The van der Waals surface area contributed by atoms with Gasteiger partial charge in [0.15, 0.2) is 5.69 Å². The van der Waals surface area contributed by atoms with Gasteiger partial charge in [0.1, 0.15) is 5.75 Å². The van der Waals surface area contributed by atoms with Crippen molar-refractivity contribution in [1.82, 2.24) is 19.9 Å². The summed E-state index contributed by atoms with van der Waals surface area (Å²) in [5.41, 5.74) is 2.75. The zero-order valence-corrected chi connectivity index (χ0v) is 21.4. The monoisotopic (exact) mass is 552 g/mol. The topological polar surface area (TPSA) is 133 Å². The van der Waals surface area contributed by atoms with E-state index in [0.717, 1.165) is 29.0 Å². The first-order valence-electron chi connectivity index (χ1n) is 11.2. The van der Waals surface area contributed by atoms with Crippen molar-refractivity contribution in [3.05, 3.63) is 71.4 Å². The van der Waals surface area contributed by atoms with Crippen molar-refractivity contribution >= 4 is 7.82 Å². The molecule has 0 aliphatic carbocycles. The Labute approximate surface area is 215 Å². The summed E-state index contributed by atoms with van der Waals surface area (Å²) in [6, 6.07) is 14.4. The maximum Gasteiger partial charge on any atom is 0.573 e. The zero-order valence-electron chi connectivity index (χ0n) is 20.5. The summed E-state index contributed by atoms with van der Waals surface area (Å²) in [7, 11) is -4.59. The highest BCUT2D eigenvalue weighted by molar-refractivity contribution is 7.46. The van der Waals surface area contributed by atoms with Gasteiger partial charge in [-0.15, -0.1) is 13.2 Å². The predicted octanol–water partition coefficient (Wildman–Crippen LogP) is 5.24. The van der Waals surface area contributed by atoms with Gasteiger partial charge in [0.2, 0.25) is 5.82 Å². The lowest BCUT2D eigenvalue weighted by Crippen LogP contribution is -2.24. The second-order valence-corrected chi connectivity index (χ2v) is 10.4. The Morgan fingerprint density at radius 2 is 1.79 bits per heavy atom. The Morgan fingerprint density at radius 1 is 1.08 bits per heavy atom. The van der Waals surface area contributed by atoms with Crippen LogP contribution in [-0.2, 0) is 21.0 Å². The Morgan fingerprint density at radius 3 is 2.45 bits per heavy atom. The number of benzene rings is 2. The van der Waals surface area contributed by atoms with Gasteiger partial charge in [0.25, 0.3) is 5.89 Å². The molecule has 0 amide bonds. The summed E-state index contributed by atoms with van der Waals surface area (Å²) in [4.78, 5) is 22.4. The zero-order chi connectivity index (χ0) is 27.7. The minimum Gasteiger partial charge on any atom is -0.406 e. The van der Waals surface area contributed by atoms with Crippen LogP contribution in [0.2, 0.25) is 0 Å². The summed E-state index contributed by atoms with van der Waals surface area (Å²) in [6.45, 7) is 5.74. The molecule has 4 aromatic rings. The lowest BCUT2D eigenvalue weighted by atomic mass is 9.85. The van der Waals surface area contributed by atoms with E-state index in [-0.39, 0.29) is 24.1 Å². The summed E-state index contributed by atoms with van der Waals surface area (Å²) >= 11 is 0. The van der Waals surface area contributed by atoms with Crippen LogP contribution >= 0.6 is 7.82 Å². The predicted molar refractivity (Wildman–Crippen MR) is 129 cm³/mol. The highest BCUT2D eigenvalue weighted by atomic mass is 31.2. The molecule has 0 unspecified atom stereocenters. The van der Waals surface area contributed by atoms with Gasteiger partial charge in [-0.2, -0.15) is 10.1 Å². The summed E-state index contributed by atoms with van der Waals surface area (Å²) in [5, 5.41) is 8.44. The number of phosphoric acid groups is 1. The number of alkyl halides is 3. The SMILES string of the molecule is Cc1cc(-c2nc(-c3ccc(OC(F)(F)F)cc3)no2)nn1Cc1cccc(C(C)(C)COP(=O)(O)O)c1. The number of nitrogens with zero attached hydrogens (tertiary/aromatic N) is 4. The molecule has 2 aromatic carbocycles. The van der Waals surface area contributed by atoms with Crippen molar-refractivity contribution in [2.75, 3.05) is 6.61 Å². The number of ether oxygens (including phenoxy) is 1. The maximum atomic E-state index is 12.4. The van der Waals surface area contributed by atoms with Gasteiger partial charge >= 0.3 is 14.2 Å². The molecule has 0 fully saturated rings. The molecule has 38 heavy (non-hydrogen) atoms. The van der Waals surface area contributed by atoms with E-state index in [9.17, 15) is 17.7 Å². The van der Waals surface area contributed by atoms with Crippen LogP contribution in [-0.4, -0.2) is 42.7 Å². The van der Waals surface area contributed by atoms with Crippen LogP contribution in [0.25, 0.3) is 23.0 Å². The largest absolute Gasteiger partial charge is 0.573 e. The Bertz CT molecular complexity index is 1460. The van der Waals surface area contributed by atoms with Crippen LogP contribution in [0, 0.1) is 6.92 Å². The molecule has 10 nitrogen and oxygen atoms in total. The minimum absolute atomic E-state index is 0.141. The molecule has 0 spiro atoms. The second kappa shape index (κ2) is 10.3. The van der Waals surface area contributed by atoms with Crippen molar-refractivity contribution in [3.8, 4) is 28.7 Å². The van der Waals surface area contributed by atoms with E-state index in [2.05, 4.69) is 20.0 Å². The number of rotatable bonds is 9. The Hall–Kier alpha value is -3.51. The average Bonchev–Trinajstić information content (AvgIpc) is 3.44. The number of aromatic nitrogens is 4. The van der Waals surface area contributed by atoms with Gasteiger partial charge < -0.3 is 19.0 Å². The molecular formula is C24H24F3N4O6P. The van der Waals surface area contributed by atoms with Crippen LogP contribution in [0.5, 0.6) is 5.75 Å². The van der Waals surface area contributed by atoms with Crippen molar-refractivity contribution in [1.29, 1.82) is 0 Å². The molecule has 4 rings (SSSR count). The van der Waals surface area contributed by atoms with Crippen molar-refractivity contribution in [3.63, 3.8) is 0 Å². The highest BCUT2D eigenvalue weighted by Crippen LogP contribution is 2.39. The molecular weight excluding hydrogens is 528 g/mol. The van der Waals surface area contributed by atoms with Crippen LogP contribution in [0.15, 0.2) is 59.1 Å². The number of phosphoric ester groups is 1. The smallest absolute Gasteiger partial charge is 0.406 e. The van der Waals surface area contributed by atoms with Crippen LogP contribution in [0.1, 0.15) is 30.7 Å². The fraction of sp³-hybridized carbons (Fsp3) is 0.292. The molecule has 202 valence electrons. The molecule has 2 aromatic heterocycles. The molecule has 0 saturated heterocycles. The first kappa shape index (κ1) is 27.5. The lowest BCUT2D eigenvalue weighted by molar-refractivity contribution is -0.274. The van der Waals surface area contributed by atoms with Gasteiger partial charge in [-0.05, 0) is 48.4 Å². The van der Waals surface area contributed by atoms with Crippen LogP contribution in [0.4, 0.5) is 13.2 Å². The molecule has 0 saturated carbocycles. The fourth-order valence-electron chi connectivity index (χ4n) is 3.62. The Balaban J connectivity index is 1.49. The third kappa shape index (κ3) is 7.07. The first-order valence-corrected chi connectivity index (χ1v) is 12.8. The van der Waals surface area contributed by atoms with E-state index >= 15 is 0 Å². The molecule has 0 radical (unpaired) electrons. The van der Waals surface area contributed by atoms with Crippen LogP contribution in [0.3, 0.4) is 0 Å². The van der Waals surface area contributed by atoms with E-state index in [1.54, 1.807) is 10.7 Å². The first-order chi connectivity index (χ1) is 17.7. The number of hydrogen-bond acceptors (Lipinski definition) is 7. The van der Waals surface area contributed by atoms with Gasteiger partial charge in [-0.25, -0.2) is 4.57 Å². The fourth-order valence-corrected chi connectivity index (χ4v) is 4.11.